The number of para-hydroxylation sites is 3. The number of carbonyl (C=O) groups is 1. The molecule has 0 spiro atoms. The van der Waals surface area contributed by atoms with Gasteiger partial charge in [0, 0.05) is 18.5 Å². The molecule has 0 bridgehead atoms. The second-order valence-corrected chi connectivity index (χ2v) is 7.25. The number of amides is 1. The minimum Gasteiger partial charge on any atom is -0.496 e. The predicted molar refractivity (Wildman–Crippen MR) is 119 cm³/mol. The van der Waals surface area contributed by atoms with Crippen LogP contribution in [0.2, 0.25) is 0 Å². The summed E-state index contributed by atoms with van der Waals surface area (Å²) in [6.07, 6.45) is 1.37. The van der Waals surface area contributed by atoms with E-state index >= 15 is 0 Å². The van der Waals surface area contributed by atoms with E-state index < -0.39 is 11.7 Å². The summed E-state index contributed by atoms with van der Waals surface area (Å²) in [4.78, 5) is 17.0. The summed E-state index contributed by atoms with van der Waals surface area (Å²) in [5, 5.41) is 2.80. The van der Waals surface area contributed by atoms with Crippen LogP contribution >= 0.6 is 0 Å². The van der Waals surface area contributed by atoms with E-state index in [1.54, 1.807) is 19.2 Å². The van der Waals surface area contributed by atoms with Crippen LogP contribution in [0.15, 0.2) is 72.8 Å². The van der Waals surface area contributed by atoms with Gasteiger partial charge in [0.05, 0.1) is 30.3 Å². The molecule has 4 rings (SSSR count). The topological polar surface area (TPSA) is 56.1 Å². The van der Waals surface area contributed by atoms with Gasteiger partial charge in [-0.25, -0.2) is 9.37 Å². The van der Waals surface area contributed by atoms with E-state index in [2.05, 4.69) is 16.0 Å². The third-order valence-electron chi connectivity index (χ3n) is 5.24. The van der Waals surface area contributed by atoms with Gasteiger partial charge in [-0.2, -0.15) is 0 Å². The summed E-state index contributed by atoms with van der Waals surface area (Å²) in [5.74, 6) is 0.856. The summed E-state index contributed by atoms with van der Waals surface area (Å²) in [7, 11) is 1.67. The number of fused-ring (bicyclic) bond motifs is 1. The van der Waals surface area contributed by atoms with Crippen molar-refractivity contribution in [2.45, 2.75) is 19.4 Å². The van der Waals surface area contributed by atoms with Gasteiger partial charge in [0.2, 0.25) is 0 Å². The monoisotopic (exact) mass is 417 g/mol. The van der Waals surface area contributed by atoms with Gasteiger partial charge in [-0.05, 0) is 36.8 Å². The van der Waals surface area contributed by atoms with Crippen LogP contribution in [0.25, 0.3) is 11.0 Å². The molecule has 31 heavy (non-hydrogen) atoms. The minimum atomic E-state index is -0.515. The Morgan fingerprint density at radius 1 is 1.03 bits per heavy atom. The van der Waals surface area contributed by atoms with E-state index in [1.165, 1.54) is 12.1 Å². The molecule has 5 nitrogen and oxygen atoms in total. The molecule has 0 saturated carbocycles. The van der Waals surface area contributed by atoms with Crippen LogP contribution in [0, 0.1) is 5.82 Å². The number of benzene rings is 3. The fraction of sp³-hybridized carbons (Fsp3) is 0.200. The molecule has 0 atom stereocenters. The summed E-state index contributed by atoms with van der Waals surface area (Å²) in [6, 6.07) is 22.0. The lowest BCUT2D eigenvalue weighted by Gasteiger charge is -2.13. The smallest absolute Gasteiger partial charge is 0.254 e. The average molecular weight is 417 g/mol. The molecule has 1 amide bonds. The molecule has 0 aliphatic rings. The molecule has 0 aliphatic carbocycles. The first kappa shape index (κ1) is 20.6. The Morgan fingerprint density at radius 3 is 2.61 bits per heavy atom. The van der Waals surface area contributed by atoms with Gasteiger partial charge in [0.1, 0.15) is 17.4 Å². The SMILES string of the molecule is COc1ccccc1Cn1c(CCCNC(=O)c2ccccc2F)nc2ccccc21. The highest BCUT2D eigenvalue weighted by molar-refractivity contribution is 5.94. The molecule has 158 valence electrons. The Balaban J connectivity index is 1.48. The first-order valence-corrected chi connectivity index (χ1v) is 10.3. The Morgan fingerprint density at radius 2 is 1.77 bits per heavy atom. The number of rotatable bonds is 8. The molecule has 0 aliphatic heterocycles. The van der Waals surface area contributed by atoms with Crippen molar-refractivity contribution in [3.05, 3.63) is 95.6 Å². The van der Waals surface area contributed by atoms with Crippen molar-refractivity contribution in [1.82, 2.24) is 14.9 Å². The zero-order valence-electron chi connectivity index (χ0n) is 17.3. The second kappa shape index (κ2) is 9.43. The number of imidazole rings is 1. The lowest BCUT2D eigenvalue weighted by molar-refractivity contribution is 0.0949. The number of nitrogens with zero attached hydrogens (tertiary/aromatic N) is 2. The zero-order chi connectivity index (χ0) is 21.6. The van der Waals surface area contributed by atoms with Gasteiger partial charge in [-0.3, -0.25) is 4.79 Å². The molecule has 1 heterocycles. The molecule has 6 heteroatoms. The highest BCUT2D eigenvalue weighted by Gasteiger charge is 2.14. The summed E-state index contributed by atoms with van der Waals surface area (Å²) < 4.78 is 21.5. The third kappa shape index (κ3) is 4.58. The van der Waals surface area contributed by atoms with Crippen LogP contribution < -0.4 is 10.1 Å². The fourth-order valence-corrected chi connectivity index (χ4v) is 3.69. The molecule has 1 aromatic heterocycles. The Kier molecular flexibility index (Phi) is 6.26. The largest absolute Gasteiger partial charge is 0.496 e. The fourth-order valence-electron chi connectivity index (χ4n) is 3.69. The van der Waals surface area contributed by atoms with Crippen molar-refractivity contribution in [1.29, 1.82) is 0 Å². The molecular formula is C25H24FN3O2. The maximum absolute atomic E-state index is 13.8. The molecule has 0 saturated heterocycles. The Labute approximate surface area is 180 Å². The number of aryl methyl sites for hydroxylation is 1. The summed E-state index contributed by atoms with van der Waals surface area (Å²) in [5.41, 5.74) is 3.12. The Hall–Kier alpha value is -3.67. The highest BCUT2D eigenvalue weighted by Crippen LogP contribution is 2.23. The molecule has 0 radical (unpaired) electrons. The van der Waals surface area contributed by atoms with Crippen molar-refractivity contribution in [2.75, 3.05) is 13.7 Å². The Bertz CT molecular complexity index is 1200. The first-order valence-electron chi connectivity index (χ1n) is 10.3. The number of methoxy groups -OCH3 is 1. The standard InChI is InChI=1S/C25H24FN3O2/c1-31-23-14-7-2-9-18(23)17-29-22-13-6-5-12-21(22)28-24(29)15-8-16-27-25(30)19-10-3-4-11-20(19)26/h2-7,9-14H,8,15-17H2,1H3,(H,27,30). The van der Waals surface area contributed by atoms with Gasteiger partial charge >= 0.3 is 0 Å². The van der Waals surface area contributed by atoms with Crippen LogP contribution in [0.1, 0.15) is 28.2 Å². The highest BCUT2D eigenvalue weighted by atomic mass is 19.1. The van der Waals surface area contributed by atoms with Crippen LogP contribution in [0.5, 0.6) is 5.75 Å². The van der Waals surface area contributed by atoms with E-state index in [0.717, 1.165) is 28.2 Å². The number of carbonyl (C=O) groups excluding carboxylic acids is 1. The lowest BCUT2D eigenvalue weighted by atomic mass is 10.2. The van der Waals surface area contributed by atoms with E-state index in [0.29, 0.717) is 25.9 Å². The van der Waals surface area contributed by atoms with Gasteiger partial charge in [0.25, 0.3) is 5.91 Å². The van der Waals surface area contributed by atoms with Gasteiger partial charge in [-0.15, -0.1) is 0 Å². The summed E-state index contributed by atoms with van der Waals surface area (Å²) in [6.45, 7) is 1.08. The van der Waals surface area contributed by atoms with E-state index in [-0.39, 0.29) is 5.56 Å². The van der Waals surface area contributed by atoms with Crippen molar-refractivity contribution in [3.8, 4) is 5.75 Å². The number of aromatic nitrogens is 2. The van der Waals surface area contributed by atoms with Crippen LogP contribution in [-0.2, 0) is 13.0 Å². The molecule has 0 unspecified atom stereocenters. The van der Waals surface area contributed by atoms with E-state index in [9.17, 15) is 9.18 Å². The quantitative estimate of drug-likeness (QED) is 0.427. The van der Waals surface area contributed by atoms with Crippen molar-refractivity contribution in [2.24, 2.45) is 0 Å². The zero-order valence-corrected chi connectivity index (χ0v) is 17.3. The van der Waals surface area contributed by atoms with E-state index in [1.807, 2.05) is 42.5 Å². The molecular weight excluding hydrogens is 393 g/mol. The predicted octanol–water partition coefficient (Wildman–Crippen LogP) is 4.59. The van der Waals surface area contributed by atoms with Crippen molar-refractivity contribution < 1.29 is 13.9 Å². The van der Waals surface area contributed by atoms with Crippen LogP contribution in [-0.4, -0.2) is 29.1 Å². The second-order valence-electron chi connectivity index (χ2n) is 7.25. The molecule has 1 N–H and O–H groups in total. The molecule has 0 fully saturated rings. The molecule has 3 aromatic carbocycles. The summed E-state index contributed by atoms with van der Waals surface area (Å²) >= 11 is 0. The lowest BCUT2D eigenvalue weighted by Crippen LogP contribution is -2.25. The first-order chi connectivity index (χ1) is 15.2. The molecule has 4 aromatic rings. The van der Waals surface area contributed by atoms with Crippen molar-refractivity contribution in [3.63, 3.8) is 0 Å². The van der Waals surface area contributed by atoms with Gasteiger partial charge in [-0.1, -0.05) is 42.5 Å². The normalized spacial score (nSPS) is 10.9. The van der Waals surface area contributed by atoms with Crippen molar-refractivity contribution >= 4 is 16.9 Å². The van der Waals surface area contributed by atoms with Gasteiger partial charge in [0.15, 0.2) is 0 Å². The van der Waals surface area contributed by atoms with Crippen LogP contribution in [0.4, 0.5) is 4.39 Å². The maximum atomic E-state index is 13.8. The van der Waals surface area contributed by atoms with Gasteiger partial charge < -0.3 is 14.6 Å². The van der Waals surface area contributed by atoms with E-state index in [4.69, 9.17) is 9.72 Å². The number of hydrogen-bond acceptors (Lipinski definition) is 3. The number of hydrogen-bond donors (Lipinski definition) is 1. The minimum absolute atomic E-state index is 0.0610. The maximum Gasteiger partial charge on any atom is 0.254 e. The number of ether oxygens (including phenoxy) is 1. The number of halogens is 1. The number of nitrogens with one attached hydrogen (secondary N) is 1. The van der Waals surface area contributed by atoms with Crippen LogP contribution in [0.3, 0.4) is 0 Å². The average Bonchev–Trinajstić information content (AvgIpc) is 3.14. The third-order valence-corrected chi connectivity index (χ3v) is 5.24.